The molecule has 23 heavy (non-hydrogen) atoms. The predicted octanol–water partition coefficient (Wildman–Crippen LogP) is 2.33. The second-order valence-electron chi connectivity index (χ2n) is 5.09. The fourth-order valence-corrected chi connectivity index (χ4v) is 2.23. The quantitative estimate of drug-likeness (QED) is 0.736. The lowest BCUT2D eigenvalue weighted by Gasteiger charge is -2.22. The zero-order chi connectivity index (χ0) is 16.5. The highest BCUT2D eigenvalue weighted by Crippen LogP contribution is 2.08. The number of hydrogen-bond acceptors (Lipinski definition) is 4. The summed E-state index contributed by atoms with van der Waals surface area (Å²) in [5.41, 5.74) is 1.72. The van der Waals surface area contributed by atoms with E-state index in [-0.39, 0.29) is 18.3 Å². The van der Waals surface area contributed by atoms with Crippen LogP contribution < -0.4 is 0 Å². The van der Waals surface area contributed by atoms with Crippen molar-refractivity contribution in [3.63, 3.8) is 0 Å². The minimum atomic E-state index is -0.322. The highest BCUT2D eigenvalue weighted by atomic mass is 16.5. The molecule has 0 fully saturated rings. The predicted molar refractivity (Wildman–Crippen MR) is 86.9 cm³/mol. The van der Waals surface area contributed by atoms with Gasteiger partial charge in [-0.05, 0) is 24.1 Å². The lowest BCUT2D eigenvalue weighted by molar-refractivity contribution is -0.140. The maximum absolute atomic E-state index is 12.6. The zero-order valence-electron chi connectivity index (χ0n) is 13.1. The van der Waals surface area contributed by atoms with E-state index in [9.17, 15) is 9.59 Å². The van der Waals surface area contributed by atoms with Crippen molar-refractivity contribution in [2.45, 2.75) is 12.8 Å². The molecule has 0 saturated heterocycles. The molecule has 0 unspecified atom stereocenters. The molecule has 0 radical (unpaired) electrons. The fourth-order valence-electron chi connectivity index (χ4n) is 2.23. The maximum Gasteiger partial charge on any atom is 0.307 e. The van der Waals surface area contributed by atoms with Gasteiger partial charge in [0.15, 0.2) is 0 Å². The first-order chi connectivity index (χ1) is 11.2. The van der Waals surface area contributed by atoms with Crippen molar-refractivity contribution in [3.8, 4) is 0 Å². The van der Waals surface area contributed by atoms with Crippen LogP contribution in [-0.2, 0) is 16.0 Å². The third kappa shape index (κ3) is 5.21. The molecule has 0 aliphatic carbocycles. The molecule has 0 atom stereocenters. The maximum atomic E-state index is 12.6. The fraction of sp³-hybridized carbons (Fsp3) is 0.278. The summed E-state index contributed by atoms with van der Waals surface area (Å²) in [7, 11) is 1.35. The minimum Gasteiger partial charge on any atom is -0.469 e. The zero-order valence-corrected chi connectivity index (χ0v) is 13.1. The first kappa shape index (κ1) is 16.7. The summed E-state index contributed by atoms with van der Waals surface area (Å²) in [6, 6.07) is 13.3. The summed E-state index contributed by atoms with van der Waals surface area (Å²) in [4.78, 5) is 29.6. The topological polar surface area (TPSA) is 59.5 Å². The molecule has 0 aliphatic heterocycles. The Hall–Kier alpha value is -2.69. The molecule has 5 nitrogen and oxygen atoms in total. The van der Waals surface area contributed by atoms with Gasteiger partial charge in [0.1, 0.15) is 0 Å². The van der Waals surface area contributed by atoms with Crippen molar-refractivity contribution >= 4 is 11.9 Å². The van der Waals surface area contributed by atoms with Gasteiger partial charge in [-0.2, -0.15) is 0 Å². The highest BCUT2D eigenvalue weighted by Gasteiger charge is 2.17. The Balaban J connectivity index is 2.04. The number of aromatic nitrogens is 1. The van der Waals surface area contributed by atoms with Gasteiger partial charge in [0.25, 0.3) is 5.91 Å². The van der Waals surface area contributed by atoms with E-state index in [0.717, 1.165) is 12.0 Å². The number of carbonyl (C=O) groups is 2. The molecule has 1 aromatic carbocycles. The van der Waals surface area contributed by atoms with Crippen molar-refractivity contribution in [3.05, 3.63) is 66.0 Å². The van der Waals surface area contributed by atoms with Crippen LogP contribution in [0, 0.1) is 0 Å². The summed E-state index contributed by atoms with van der Waals surface area (Å²) in [6.07, 6.45) is 4.09. The number of esters is 1. The monoisotopic (exact) mass is 312 g/mol. The summed E-state index contributed by atoms with van der Waals surface area (Å²) < 4.78 is 4.66. The number of methoxy groups -OCH3 is 1. The standard InChI is InChI=1S/C18H20N2O3/c1-23-17(21)10-14-20(13-9-15-5-3-2-4-6-15)18(22)16-7-11-19-12-8-16/h2-8,11-12H,9-10,13-14H2,1H3. The molecule has 120 valence electrons. The molecule has 2 aromatic rings. The van der Waals surface area contributed by atoms with Crippen LogP contribution in [0.2, 0.25) is 0 Å². The van der Waals surface area contributed by atoms with Crippen molar-refractivity contribution in [1.82, 2.24) is 9.88 Å². The van der Waals surface area contributed by atoms with E-state index in [0.29, 0.717) is 18.7 Å². The van der Waals surface area contributed by atoms with Gasteiger partial charge in [-0.25, -0.2) is 0 Å². The molecule has 0 spiro atoms. The first-order valence-electron chi connectivity index (χ1n) is 7.50. The summed E-state index contributed by atoms with van der Waals surface area (Å²) in [5, 5.41) is 0. The average Bonchev–Trinajstić information content (AvgIpc) is 2.62. The minimum absolute atomic E-state index is 0.104. The van der Waals surface area contributed by atoms with Crippen molar-refractivity contribution < 1.29 is 14.3 Å². The second-order valence-corrected chi connectivity index (χ2v) is 5.09. The lowest BCUT2D eigenvalue weighted by Crippen LogP contribution is -2.35. The van der Waals surface area contributed by atoms with Crippen LogP contribution in [0.3, 0.4) is 0 Å². The van der Waals surface area contributed by atoms with Crippen LogP contribution in [0.1, 0.15) is 22.3 Å². The number of nitrogens with zero attached hydrogens (tertiary/aromatic N) is 2. The number of hydrogen-bond donors (Lipinski definition) is 0. The molecule has 1 aromatic heterocycles. The van der Waals surface area contributed by atoms with E-state index < -0.39 is 0 Å². The van der Waals surface area contributed by atoms with E-state index in [1.54, 1.807) is 29.4 Å². The van der Waals surface area contributed by atoms with Crippen LogP contribution in [0.15, 0.2) is 54.9 Å². The lowest BCUT2D eigenvalue weighted by atomic mass is 10.1. The Morgan fingerprint density at radius 2 is 1.74 bits per heavy atom. The van der Waals surface area contributed by atoms with Gasteiger partial charge in [-0.3, -0.25) is 14.6 Å². The van der Waals surface area contributed by atoms with Crippen molar-refractivity contribution in [2.75, 3.05) is 20.2 Å². The smallest absolute Gasteiger partial charge is 0.307 e. The van der Waals surface area contributed by atoms with Crippen LogP contribution in [0.4, 0.5) is 0 Å². The second kappa shape index (κ2) is 8.68. The SMILES string of the molecule is COC(=O)CCN(CCc1ccccc1)C(=O)c1ccncc1. The van der Waals surface area contributed by atoms with E-state index in [2.05, 4.69) is 9.72 Å². The number of rotatable bonds is 7. The van der Waals surface area contributed by atoms with Gasteiger partial charge in [0.2, 0.25) is 0 Å². The molecule has 0 saturated carbocycles. The van der Waals surface area contributed by atoms with Crippen molar-refractivity contribution in [1.29, 1.82) is 0 Å². The Morgan fingerprint density at radius 1 is 1.04 bits per heavy atom. The molecule has 0 aliphatic rings. The van der Waals surface area contributed by atoms with Gasteiger partial charge in [0, 0.05) is 31.0 Å². The third-order valence-electron chi connectivity index (χ3n) is 3.54. The van der Waals surface area contributed by atoms with E-state index in [1.807, 2.05) is 30.3 Å². The molecular formula is C18H20N2O3. The molecular weight excluding hydrogens is 292 g/mol. The molecule has 1 amide bonds. The van der Waals surface area contributed by atoms with Crippen molar-refractivity contribution in [2.24, 2.45) is 0 Å². The van der Waals surface area contributed by atoms with Crippen LogP contribution >= 0.6 is 0 Å². The molecule has 0 N–H and O–H groups in total. The van der Waals surface area contributed by atoms with Gasteiger partial charge in [-0.1, -0.05) is 30.3 Å². The Morgan fingerprint density at radius 3 is 2.39 bits per heavy atom. The molecule has 2 rings (SSSR count). The first-order valence-corrected chi connectivity index (χ1v) is 7.50. The third-order valence-corrected chi connectivity index (χ3v) is 3.54. The molecule has 1 heterocycles. The number of amides is 1. The summed E-state index contributed by atoms with van der Waals surface area (Å²) in [5.74, 6) is -0.426. The van der Waals surface area contributed by atoms with Gasteiger partial charge >= 0.3 is 5.97 Å². The number of benzene rings is 1. The normalized spacial score (nSPS) is 10.1. The number of pyridine rings is 1. The van der Waals surface area contributed by atoms with E-state index in [1.165, 1.54) is 7.11 Å². The Bertz CT molecular complexity index is 629. The van der Waals surface area contributed by atoms with Gasteiger partial charge in [0.05, 0.1) is 13.5 Å². The number of ether oxygens (including phenoxy) is 1. The van der Waals surface area contributed by atoms with E-state index >= 15 is 0 Å². The Kier molecular flexibility index (Phi) is 6.29. The van der Waals surface area contributed by atoms with Crippen LogP contribution in [0.5, 0.6) is 0 Å². The largest absolute Gasteiger partial charge is 0.469 e. The molecule has 0 bridgehead atoms. The average molecular weight is 312 g/mol. The summed E-state index contributed by atoms with van der Waals surface area (Å²) in [6.45, 7) is 0.878. The van der Waals surface area contributed by atoms with Crippen LogP contribution in [0.25, 0.3) is 0 Å². The Labute approximate surface area is 135 Å². The van der Waals surface area contributed by atoms with Crippen LogP contribution in [-0.4, -0.2) is 42.0 Å². The van der Waals surface area contributed by atoms with E-state index in [4.69, 9.17) is 0 Å². The highest BCUT2D eigenvalue weighted by molar-refractivity contribution is 5.94. The summed E-state index contributed by atoms with van der Waals surface area (Å²) >= 11 is 0. The molecule has 5 heteroatoms. The number of carbonyl (C=O) groups excluding carboxylic acids is 2. The van der Waals surface area contributed by atoms with Gasteiger partial charge in [-0.15, -0.1) is 0 Å². The van der Waals surface area contributed by atoms with Gasteiger partial charge < -0.3 is 9.64 Å².